The molecule has 8 nitrogen and oxygen atoms in total. The van der Waals surface area contributed by atoms with Crippen molar-refractivity contribution in [1.29, 1.82) is 0 Å². The lowest BCUT2D eigenvalue weighted by atomic mass is 9.88. The molecule has 0 radical (unpaired) electrons. The summed E-state index contributed by atoms with van der Waals surface area (Å²) < 4.78 is 38.1. The molecule has 0 fully saturated rings. The zero-order chi connectivity index (χ0) is 25.9. The van der Waals surface area contributed by atoms with E-state index in [9.17, 15) is 13.2 Å². The summed E-state index contributed by atoms with van der Waals surface area (Å²) in [4.78, 5) is 13.8. The zero-order valence-electron chi connectivity index (χ0n) is 20.1. The maximum Gasteiger partial charge on any atom is 0.341 e. The van der Waals surface area contributed by atoms with Gasteiger partial charge in [0.05, 0.1) is 24.7 Å². The van der Waals surface area contributed by atoms with Crippen LogP contribution in [0.4, 0.5) is 16.4 Å². The second-order valence-electron chi connectivity index (χ2n) is 8.48. The largest absolute Gasteiger partial charge is 0.497 e. The second-order valence-corrected chi connectivity index (χ2v) is 11.7. The van der Waals surface area contributed by atoms with Crippen LogP contribution in [0.25, 0.3) is 0 Å². The molecule has 0 saturated heterocycles. The highest BCUT2D eigenvalue weighted by Gasteiger charge is 2.28. The van der Waals surface area contributed by atoms with Crippen LogP contribution in [-0.4, -0.2) is 33.7 Å². The highest BCUT2D eigenvalue weighted by atomic mass is 32.2. The number of anilines is 3. The van der Waals surface area contributed by atoms with Crippen molar-refractivity contribution >= 4 is 61.0 Å². The topological polar surface area (TPSA) is 106 Å². The molecule has 1 unspecified atom stereocenters. The molecule has 3 N–H and O–H groups in total. The maximum absolute atomic E-state index is 12.7. The van der Waals surface area contributed by atoms with Gasteiger partial charge in [-0.15, -0.1) is 11.3 Å². The number of esters is 1. The minimum absolute atomic E-state index is 0.107. The normalized spacial score (nSPS) is 14.9. The number of thiocarbonyl (C=S) groups is 1. The van der Waals surface area contributed by atoms with Gasteiger partial charge in [-0.05, 0) is 91.5 Å². The van der Waals surface area contributed by atoms with Crippen LogP contribution < -0.4 is 20.1 Å². The van der Waals surface area contributed by atoms with Crippen molar-refractivity contribution in [3.63, 3.8) is 0 Å². The summed E-state index contributed by atoms with van der Waals surface area (Å²) in [6.07, 6.45) is 2.78. The lowest BCUT2D eigenvalue weighted by Gasteiger charge is -2.18. The van der Waals surface area contributed by atoms with E-state index in [0.29, 0.717) is 38.7 Å². The van der Waals surface area contributed by atoms with Crippen LogP contribution in [0.2, 0.25) is 0 Å². The minimum Gasteiger partial charge on any atom is -0.497 e. The Bertz CT molecular complexity index is 1370. The summed E-state index contributed by atoms with van der Waals surface area (Å²) in [5, 5.41) is 7.13. The molecular formula is C25H27N3O5S3. The quantitative estimate of drug-likeness (QED) is 0.272. The molecule has 1 aliphatic rings. The van der Waals surface area contributed by atoms with Crippen molar-refractivity contribution in [3.8, 4) is 5.75 Å². The Hall–Kier alpha value is -3.15. The van der Waals surface area contributed by atoms with Gasteiger partial charge < -0.3 is 20.1 Å². The van der Waals surface area contributed by atoms with Gasteiger partial charge in [-0.1, -0.05) is 6.92 Å². The number of fused-ring (bicyclic) bond motifs is 1. The minimum atomic E-state index is -3.77. The van der Waals surface area contributed by atoms with Crippen molar-refractivity contribution in [2.75, 3.05) is 29.6 Å². The molecule has 4 rings (SSSR count). The van der Waals surface area contributed by atoms with Crippen molar-refractivity contribution in [2.45, 2.75) is 31.1 Å². The van der Waals surface area contributed by atoms with Gasteiger partial charge in [0.25, 0.3) is 10.0 Å². The molecule has 36 heavy (non-hydrogen) atoms. The van der Waals surface area contributed by atoms with Crippen LogP contribution in [0, 0.1) is 5.92 Å². The highest BCUT2D eigenvalue weighted by molar-refractivity contribution is 7.92. The van der Waals surface area contributed by atoms with Gasteiger partial charge in [0.2, 0.25) is 0 Å². The fraction of sp³-hybridized carbons (Fsp3) is 0.280. The first-order valence-electron chi connectivity index (χ1n) is 11.3. The lowest BCUT2D eigenvalue weighted by molar-refractivity contribution is 0.0600. The van der Waals surface area contributed by atoms with Gasteiger partial charge >= 0.3 is 5.97 Å². The predicted molar refractivity (Wildman–Crippen MR) is 147 cm³/mol. The average molecular weight is 546 g/mol. The van der Waals surface area contributed by atoms with E-state index in [1.807, 2.05) is 0 Å². The van der Waals surface area contributed by atoms with E-state index in [1.54, 1.807) is 43.5 Å². The van der Waals surface area contributed by atoms with Crippen LogP contribution in [0.5, 0.6) is 5.75 Å². The third kappa shape index (κ3) is 5.80. The van der Waals surface area contributed by atoms with Gasteiger partial charge in [-0.2, -0.15) is 0 Å². The van der Waals surface area contributed by atoms with Gasteiger partial charge in [0, 0.05) is 16.3 Å². The molecule has 1 aromatic heterocycles. The van der Waals surface area contributed by atoms with Crippen LogP contribution in [0.3, 0.4) is 0 Å². The summed E-state index contributed by atoms with van der Waals surface area (Å²) in [7, 11) is -0.852. The number of nitrogens with one attached hydrogen (secondary N) is 3. The lowest BCUT2D eigenvalue weighted by Crippen LogP contribution is -2.20. The fourth-order valence-electron chi connectivity index (χ4n) is 4.01. The van der Waals surface area contributed by atoms with E-state index >= 15 is 0 Å². The van der Waals surface area contributed by atoms with Crippen LogP contribution >= 0.6 is 23.6 Å². The summed E-state index contributed by atoms with van der Waals surface area (Å²) in [6.45, 7) is 2.20. The number of rotatable bonds is 7. The molecule has 1 aliphatic carbocycles. The van der Waals surface area contributed by atoms with Crippen LogP contribution in [0.15, 0.2) is 53.4 Å². The zero-order valence-corrected chi connectivity index (χ0v) is 22.5. The van der Waals surface area contributed by atoms with Crippen molar-refractivity contribution in [1.82, 2.24) is 0 Å². The third-order valence-electron chi connectivity index (χ3n) is 5.89. The molecule has 190 valence electrons. The first kappa shape index (κ1) is 25.9. The molecule has 0 spiro atoms. The molecule has 1 atom stereocenters. The maximum atomic E-state index is 12.7. The predicted octanol–water partition coefficient (Wildman–Crippen LogP) is 5.28. The molecule has 0 aliphatic heterocycles. The van der Waals surface area contributed by atoms with Gasteiger partial charge in [-0.3, -0.25) is 4.72 Å². The standard InChI is InChI=1S/C25H27N3O5S3/c1-15-4-13-20-21(14-15)35-23(22(20)24(29)33-3)27-25(34)26-16-7-11-19(12-8-16)36(30,31)28-17-5-9-18(32-2)10-6-17/h5-12,15,28H,4,13-14H2,1-3H3,(H2,26,27,34). The first-order valence-corrected chi connectivity index (χ1v) is 14.0. The number of ether oxygens (including phenoxy) is 2. The van der Waals surface area contributed by atoms with Crippen molar-refractivity contribution in [2.24, 2.45) is 5.92 Å². The van der Waals surface area contributed by atoms with E-state index in [4.69, 9.17) is 21.7 Å². The Morgan fingerprint density at radius 3 is 2.33 bits per heavy atom. The number of methoxy groups -OCH3 is 2. The molecule has 0 bridgehead atoms. The molecule has 11 heteroatoms. The van der Waals surface area contributed by atoms with Crippen molar-refractivity contribution < 1.29 is 22.7 Å². The van der Waals surface area contributed by atoms with E-state index in [0.717, 1.165) is 24.8 Å². The summed E-state index contributed by atoms with van der Waals surface area (Å²) in [6, 6.07) is 12.8. The number of hydrogen-bond acceptors (Lipinski definition) is 7. The van der Waals surface area contributed by atoms with E-state index in [1.165, 1.54) is 35.5 Å². The van der Waals surface area contributed by atoms with E-state index in [2.05, 4.69) is 22.3 Å². The number of sulfonamides is 1. The number of benzene rings is 2. The Kier molecular flexibility index (Phi) is 7.82. The highest BCUT2D eigenvalue weighted by Crippen LogP contribution is 2.40. The first-order chi connectivity index (χ1) is 17.2. The average Bonchev–Trinajstić information content (AvgIpc) is 3.20. The molecule has 3 aromatic rings. The smallest absolute Gasteiger partial charge is 0.341 e. The van der Waals surface area contributed by atoms with Gasteiger partial charge in [0.15, 0.2) is 5.11 Å². The number of hydrogen-bond donors (Lipinski definition) is 3. The monoisotopic (exact) mass is 545 g/mol. The Labute approximate surface area is 220 Å². The Morgan fingerprint density at radius 1 is 1.03 bits per heavy atom. The Balaban J connectivity index is 1.44. The molecule has 0 saturated carbocycles. The third-order valence-corrected chi connectivity index (χ3v) is 8.66. The molecule has 0 amide bonds. The van der Waals surface area contributed by atoms with Crippen LogP contribution in [-0.2, 0) is 27.6 Å². The molecule has 2 aromatic carbocycles. The number of carbonyl (C=O) groups excluding carboxylic acids is 1. The second kappa shape index (κ2) is 10.9. The number of carbonyl (C=O) groups is 1. The SMILES string of the molecule is COC(=O)c1c(NC(=S)Nc2ccc(S(=O)(=O)Nc3ccc(OC)cc3)cc2)sc2c1CCC(C)C2. The summed E-state index contributed by atoms with van der Waals surface area (Å²) in [5.74, 6) is 0.814. The number of thiophene rings is 1. The van der Waals surface area contributed by atoms with E-state index in [-0.39, 0.29) is 10.9 Å². The summed E-state index contributed by atoms with van der Waals surface area (Å²) in [5.41, 5.74) is 2.61. The molecular weight excluding hydrogens is 518 g/mol. The summed E-state index contributed by atoms with van der Waals surface area (Å²) >= 11 is 6.99. The van der Waals surface area contributed by atoms with Gasteiger partial charge in [-0.25, -0.2) is 13.2 Å². The fourth-order valence-corrected chi connectivity index (χ4v) is 6.76. The Morgan fingerprint density at radius 2 is 1.69 bits per heavy atom. The van der Waals surface area contributed by atoms with Crippen molar-refractivity contribution in [3.05, 3.63) is 64.5 Å². The van der Waals surface area contributed by atoms with E-state index < -0.39 is 10.0 Å². The molecule has 1 heterocycles. The van der Waals surface area contributed by atoms with Crippen LogP contribution in [0.1, 0.15) is 34.1 Å². The van der Waals surface area contributed by atoms with Gasteiger partial charge in [0.1, 0.15) is 10.8 Å².